The zero-order valence-corrected chi connectivity index (χ0v) is 19.9. The van der Waals surface area contributed by atoms with Crippen LogP contribution in [0, 0.1) is 23.2 Å². The normalized spacial score (nSPS) is 35.7. The van der Waals surface area contributed by atoms with E-state index in [9.17, 15) is 24.6 Å². The molecule has 7 heteroatoms. The number of hydrogen-bond donors (Lipinski definition) is 2. The lowest BCUT2D eigenvalue weighted by atomic mass is 9.62. The summed E-state index contributed by atoms with van der Waals surface area (Å²) in [5.74, 6) is -5.30. The number of hydrogen-bond acceptors (Lipinski definition) is 7. The van der Waals surface area contributed by atoms with Crippen molar-refractivity contribution in [2.75, 3.05) is 0 Å². The summed E-state index contributed by atoms with van der Waals surface area (Å²) in [6.07, 6.45) is 9.15. The molecule has 0 spiro atoms. The molecule has 2 aliphatic heterocycles. The number of carbonyl (C=O) groups is 3. The van der Waals surface area contributed by atoms with Crippen LogP contribution in [0.5, 0.6) is 0 Å². The number of allylic oxidation sites excluding steroid dienone is 1. The van der Waals surface area contributed by atoms with Gasteiger partial charge in [-0.1, -0.05) is 58.4 Å². The van der Waals surface area contributed by atoms with E-state index in [1.807, 2.05) is 6.08 Å². The zero-order chi connectivity index (χ0) is 24.0. The summed E-state index contributed by atoms with van der Waals surface area (Å²) < 4.78 is 10.6. The maximum atomic E-state index is 13.0. The lowest BCUT2D eigenvalue weighted by Gasteiger charge is -2.45. The SMILES string of the molecule is CCCCCCC1C(CC(O)CCCC)C=C2C3(C)CC4=C(C(=O)OC4=O)C1C2(O)OC3=O. The molecular formula is C26H36O7. The highest BCUT2D eigenvalue weighted by molar-refractivity contribution is 6.14. The number of carbonyl (C=O) groups excluding carboxylic acids is 3. The van der Waals surface area contributed by atoms with Crippen molar-refractivity contribution in [2.24, 2.45) is 23.2 Å². The van der Waals surface area contributed by atoms with E-state index in [2.05, 4.69) is 13.8 Å². The van der Waals surface area contributed by atoms with Crippen molar-refractivity contribution in [1.82, 2.24) is 0 Å². The first-order valence-corrected chi connectivity index (χ1v) is 12.5. The average molecular weight is 461 g/mol. The summed E-state index contributed by atoms with van der Waals surface area (Å²) in [5.41, 5.74) is -0.458. The molecule has 1 saturated heterocycles. The third-order valence-electron chi connectivity index (χ3n) is 8.10. The Hall–Kier alpha value is -1.99. The molecule has 33 heavy (non-hydrogen) atoms. The molecule has 0 saturated carbocycles. The Morgan fingerprint density at radius 2 is 1.82 bits per heavy atom. The average Bonchev–Trinajstić information content (AvgIpc) is 3.11. The van der Waals surface area contributed by atoms with Crippen LogP contribution < -0.4 is 0 Å². The summed E-state index contributed by atoms with van der Waals surface area (Å²) in [7, 11) is 0. The molecular weight excluding hydrogens is 424 g/mol. The number of aliphatic hydroxyl groups excluding tert-OH is 1. The van der Waals surface area contributed by atoms with Crippen molar-refractivity contribution in [1.29, 1.82) is 0 Å². The molecule has 4 bridgehead atoms. The summed E-state index contributed by atoms with van der Waals surface area (Å²) in [4.78, 5) is 38.4. The second kappa shape index (κ2) is 8.99. The largest absolute Gasteiger partial charge is 0.428 e. The molecule has 2 aliphatic carbocycles. The Bertz CT molecular complexity index is 902. The zero-order valence-electron chi connectivity index (χ0n) is 19.9. The van der Waals surface area contributed by atoms with Crippen LogP contribution in [0.3, 0.4) is 0 Å². The number of cyclic esters (lactones) is 2. The molecule has 4 aliphatic rings. The van der Waals surface area contributed by atoms with Crippen molar-refractivity contribution in [3.63, 3.8) is 0 Å². The van der Waals surface area contributed by atoms with Crippen molar-refractivity contribution >= 4 is 17.9 Å². The van der Waals surface area contributed by atoms with E-state index < -0.39 is 41.1 Å². The molecule has 6 unspecified atom stereocenters. The van der Waals surface area contributed by atoms with Gasteiger partial charge in [-0.2, -0.15) is 0 Å². The van der Waals surface area contributed by atoms with E-state index in [0.717, 1.165) is 38.5 Å². The third-order valence-corrected chi connectivity index (χ3v) is 8.10. The highest BCUT2D eigenvalue weighted by Crippen LogP contribution is 2.63. The van der Waals surface area contributed by atoms with E-state index in [1.54, 1.807) is 6.92 Å². The first kappa shape index (κ1) is 24.1. The van der Waals surface area contributed by atoms with Gasteiger partial charge in [0.05, 0.1) is 28.6 Å². The minimum absolute atomic E-state index is 0.0238. The van der Waals surface area contributed by atoms with Crippen LogP contribution in [0.15, 0.2) is 22.8 Å². The predicted octanol–water partition coefficient (Wildman–Crippen LogP) is 3.72. The molecule has 2 heterocycles. The van der Waals surface area contributed by atoms with Gasteiger partial charge in [0.2, 0.25) is 5.79 Å². The Morgan fingerprint density at radius 1 is 1.09 bits per heavy atom. The van der Waals surface area contributed by atoms with Crippen molar-refractivity contribution in [3.8, 4) is 0 Å². The van der Waals surface area contributed by atoms with Crippen molar-refractivity contribution in [2.45, 2.75) is 96.9 Å². The summed E-state index contributed by atoms with van der Waals surface area (Å²) in [6.45, 7) is 5.87. The molecule has 6 atom stereocenters. The smallest absolute Gasteiger partial charge is 0.343 e. The fourth-order valence-electron chi connectivity index (χ4n) is 6.37. The van der Waals surface area contributed by atoms with Gasteiger partial charge in [0.1, 0.15) is 0 Å². The second-order valence-corrected chi connectivity index (χ2v) is 10.4. The maximum absolute atomic E-state index is 13.0. The summed E-state index contributed by atoms with van der Waals surface area (Å²) >= 11 is 0. The van der Waals surface area contributed by atoms with Gasteiger partial charge in [-0.15, -0.1) is 0 Å². The van der Waals surface area contributed by atoms with Gasteiger partial charge in [-0.05, 0) is 44.4 Å². The van der Waals surface area contributed by atoms with Crippen LogP contribution in [0.25, 0.3) is 0 Å². The fraction of sp³-hybridized carbons (Fsp3) is 0.731. The number of esters is 3. The quantitative estimate of drug-likeness (QED) is 0.221. The molecule has 0 aromatic rings. The minimum Gasteiger partial charge on any atom is -0.428 e. The lowest BCUT2D eigenvalue weighted by Crippen LogP contribution is -2.50. The molecule has 7 nitrogen and oxygen atoms in total. The van der Waals surface area contributed by atoms with E-state index in [4.69, 9.17) is 9.47 Å². The Morgan fingerprint density at radius 3 is 2.52 bits per heavy atom. The summed E-state index contributed by atoms with van der Waals surface area (Å²) in [6, 6.07) is 0. The first-order valence-electron chi connectivity index (χ1n) is 12.5. The van der Waals surface area contributed by atoms with Gasteiger partial charge in [-0.3, -0.25) is 4.79 Å². The number of ether oxygens (including phenoxy) is 2. The third kappa shape index (κ3) is 3.87. The number of unbranched alkanes of at least 4 members (excludes halogenated alkanes) is 4. The van der Waals surface area contributed by atoms with Gasteiger partial charge in [0, 0.05) is 5.57 Å². The van der Waals surface area contributed by atoms with E-state index >= 15 is 0 Å². The standard InChI is InChI=1S/C26H36O7/c1-4-6-8-9-11-17-15(12-16(27)10-7-5-2)13-19-25(3)14-18-20(23(29)32-22(18)28)21(17)26(19,31)33-24(25)30/h13,15-17,21,27,31H,4-12,14H2,1-3H3. The Balaban J connectivity index is 1.80. The topological polar surface area (TPSA) is 110 Å². The van der Waals surface area contributed by atoms with Crippen molar-refractivity contribution in [3.05, 3.63) is 22.8 Å². The van der Waals surface area contributed by atoms with E-state index in [0.29, 0.717) is 24.8 Å². The molecule has 4 rings (SSSR count). The minimum atomic E-state index is -1.97. The van der Waals surface area contributed by atoms with Gasteiger partial charge in [0.15, 0.2) is 0 Å². The molecule has 0 amide bonds. The molecule has 0 aromatic heterocycles. The van der Waals surface area contributed by atoms with Gasteiger partial charge in [-0.25, -0.2) is 9.59 Å². The molecule has 1 fully saturated rings. The van der Waals surface area contributed by atoms with Crippen LogP contribution in [0.2, 0.25) is 0 Å². The van der Waals surface area contributed by atoms with E-state index in [-0.39, 0.29) is 29.4 Å². The van der Waals surface area contributed by atoms with Crippen LogP contribution in [-0.2, 0) is 23.9 Å². The Labute approximate surface area is 195 Å². The fourth-order valence-corrected chi connectivity index (χ4v) is 6.37. The Kier molecular flexibility index (Phi) is 6.58. The monoisotopic (exact) mass is 460 g/mol. The predicted molar refractivity (Wildman–Crippen MR) is 119 cm³/mol. The lowest BCUT2D eigenvalue weighted by molar-refractivity contribution is -0.205. The number of rotatable bonds is 10. The van der Waals surface area contributed by atoms with Crippen LogP contribution in [-0.4, -0.2) is 40.0 Å². The molecule has 182 valence electrons. The van der Waals surface area contributed by atoms with Crippen molar-refractivity contribution < 1.29 is 34.1 Å². The number of aliphatic hydroxyl groups is 2. The maximum Gasteiger partial charge on any atom is 0.343 e. The van der Waals surface area contributed by atoms with Gasteiger partial charge >= 0.3 is 17.9 Å². The second-order valence-electron chi connectivity index (χ2n) is 10.4. The molecule has 0 radical (unpaired) electrons. The first-order chi connectivity index (χ1) is 15.7. The van der Waals surface area contributed by atoms with E-state index in [1.165, 1.54) is 0 Å². The number of fused-ring (bicyclic) bond motifs is 1. The molecule has 2 N–H and O–H groups in total. The van der Waals surface area contributed by atoms with Crippen LogP contribution >= 0.6 is 0 Å². The van der Waals surface area contributed by atoms with Crippen LogP contribution in [0.1, 0.15) is 85.0 Å². The molecule has 0 aromatic carbocycles. The van der Waals surface area contributed by atoms with Crippen LogP contribution in [0.4, 0.5) is 0 Å². The van der Waals surface area contributed by atoms with Gasteiger partial charge in [0.25, 0.3) is 0 Å². The van der Waals surface area contributed by atoms with Gasteiger partial charge < -0.3 is 19.7 Å². The summed E-state index contributed by atoms with van der Waals surface area (Å²) in [5, 5.41) is 22.6. The highest BCUT2D eigenvalue weighted by Gasteiger charge is 2.70. The highest BCUT2D eigenvalue weighted by atomic mass is 16.7.